The molecule has 0 saturated heterocycles. The van der Waals surface area contributed by atoms with E-state index in [0.717, 1.165) is 11.6 Å². The number of sulfonamides is 1. The first-order chi connectivity index (χ1) is 8.90. The molecule has 0 fully saturated rings. The second-order valence-corrected chi connectivity index (χ2v) is 6.62. The van der Waals surface area contributed by atoms with Gasteiger partial charge in [0.25, 0.3) is 0 Å². The molecule has 0 aliphatic rings. The van der Waals surface area contributed by atoms with Gasteiger partial charge in [0.05, 0.1) is 4.90 Å². The van der Waals surface area contributed by atoms with Crippen LogP contribution in [0.4, 0.5) is 10.1 Å². The van der Waals surface area contributed by atoms with Crippen molar-refractivity contribution in [1.29, 1.82) is 0 Å². The first-order valence-corrected chi connectivity index (χ1v) is 7.89. The molecule has 2 rings (SSSR count). The number of hydrogen-bond donors (Lipinski definition) is 2. The molecule has 19 heavy (non-hydrogen) atoms. The Morgan fingerprint density at radius 2 is 2.16 bits per heavy atom. The standard InChI is InChI=1S/C12H13FN2O2S2/c1-8-11(13)4-10(5-12(8)14)19(16,17)15-6-9-2-3-18-7-9/h2-5,7,15H,6,14H2,1H3. The topological polar surface area (TPSA) is 72.2 Å². The van der Waals surface area contributed by atoms with Crippen molar-refractivity contribution in [2.75, 3.05) is 5.73 Å². The highest BCUT2D eigenvalue weighted by Crippen LogP contribution is 2.21. The molecule has 2 aromatic rings. The van der Waals surface area contributed by atoms with Crippen molar-refractivity contribution in [3.8, 4) is 0 Å². The van der Waals surface area contributed by atoms with Crippen molar-refractivity contribution in [2.24, 2.45) is 0 Å². The van der Waals surface area contributed by atoms with Gasteiger partial charge >= 0.3 is 0 Å². The maximum absolute atomic E-state index is 13.5. The highest BCUT2D eigenvalue weighted by molar-refractivity contribution is 7.89. The summed E-state index contributed by atoms with van der Waals surface area (Å²) in [5.74, 6) is -0.629. The molecule has 0 bridgehead atoms. The molecule has 0 aliphatic heterocycles. The number of nitrogen functional groups attached to an aromatic ring is 1. The number of nitrogens with two attached hydrogens (primary N) is 1. The first kappa shape index (κ1) is 14.0. The van der Waals surface area contributed by atoms with Crippen LogP contribution >= 0.6 is 11.3 Å². The summed E-state index contributed by atoms with van der Waals surface area (Å²) in [6, 6.07) is 4.05. The summed E-state index contributed by atoms with van der Waals surface area (Å²) in [5, 5.41) is 3.69. The Kier molecular flexibility index (Phi) is 3.88. The first-order valence-electron chi connectivity index (χ1n) is 5.46. The highest BCUT2D eigenvalue weighted by Gasteiger charge is 2.17. The largest absolute Gasteiger partial charge is 0.398 e. The lowest BCUT2D eigenvalue weighted by atomic mass is 10.2. The van der Waals surface area contributed by atoms with Crippen molar-refractivity contribution in [3.63, 3.8) is 0 Å². The van der Waals surface area contributed by atoms with E-state index in [1.165, 1.54) is 24.3 Å². The molecule has 4 nitrogen and oxygen atoms in total. The van der Waals surface area contributed by atoms with Gasteiger partial charge in [-0.2, -0.15) is 11.3 Å². The zero-order valence-electron chi connectivity index (χ0n) is 10.2. The lowest BCUT2D eigenvalue weighted by molar-refractivity contribution is 0.576. The molecular weight excluding hydrogens is 287 g/mol. The van der Waals surface area contributed by atoms with E-state index < -0.39 is 15.8 Å². The Hall–Kier alpha value is -1.44. The van der Waals surface area contributed by atoms with Crippen molar-refractivity contribution in [1.82, 2.24) is 4.72 Å². The molecule has 0 radical (unpaired) electrons. The molecule has 1 aromatic heterocycles. The maximum atomic E-state index is 13.5. The number of hydrogen-bond acceptors (Lipinski definition) is 4. The normalized spacial score (nSPS) is 11.7. The smallest absolute Gasteiger partial charge is 0.241 e. The summed E-state index contributed by atoms with van der Waals surface area (Å²) in [7, 11) is -3.76. The molecule has 3 N–H and O–H groups in total. The zero-order valence-corrected chi connectivity index (χ0v) is 11.8. The van der Waals surface area contributed by atoms with Crippen LogP contribution in [0.25, 0.3) is 0 Å². The minimum atomic E-state index is -3.76. The lowest BCUT2D eigenvalue weighted by Gasteiger charge is -2.09. The SMILES string of the molecule is Cc1c(N)cc(S(=O)(=O)NCc2ccsc2)cc1F. The molecule has 0 aliphatic carbocycles. The molecule has 0 saturated carbocycles. The van der Waals surface area contributed by atoms with Gasteiger partial charge in [-0.1, -0.05) is 0 Å². The number of rotatable bonds is 4. The third-order valence-corrected chi connectivity index (χ3v) is 4.83. The molecular formula is C12H13FN2O2S2. The molecule has 0 atom stereocenters. The Morgan fingerprint density at radius 1 is 1.42 bits per heavy atom. The van der Waals surface area contributed by atoms with Crippen LogP contribution in [-0.4, -0.2) is 8.42 Å². The number of benzene rings is 1. The lowest BCUT2D eigenvalue weighted by Crippen LogP contribution is -2.23. The van der Waals surface area contributed by atoms with Crippen LogP contribution in [0.5, 0.6) is 0 Å². The third-order valence-electron chi connectivity index (χ3n) is 2.71. The van der Waals surface area contributed by atoms with E-state index in [0.29, 0.717) is 0 Å². The predicted octanol–water partition coefficient (Wildman–Crippen LogP) is 2.26. The summed E-state index contributed by atoms with van der Waals surface area (Å²) in [6.45, 7) is 1.67. The summed E-state index contributed by atoms with van der Waals surface area (Å²) < 4.78 is 39.9. The van der Waals surface area contributed by atoms with Gasteiger partial charge in [0, 0.05) is 17.8 Å². The van der Waals surface area contributed by atoms with Crippen molar-refractivity contribution in [3.05, 3.63) is 45.9 Å². The summed E-state index contributed by atoms with van der Waals surface area (Å²) >= 11 is 1.48. The molecule has 0 spiro atoms. The Balaban J connectivity index is 2.24. The quantitative estimate of drug-likeness (QED) is 0.851. The second kappa shape index (κ2) is 5.28. The van der Waals surface area contributed by atoms with E-state index in [2.05, 4.69) is 4.72 Å². The number of nitrogens with one attached hydrogen (secondary N) is 1. The van der Waals surface area contributed by atoms with Crippen LogP contribution in [-0.2, 0) is 16.6 Å². The average Bonchev–Trinajstić information content (AvgIpc) is 2.86. The molecule has 1 heterocycles. The van der Waals surface area contributed by atoms with Gasteiger partial charge in [-0.15, -0.1) is 0 Å². The van der Waals surface area contributed by atoms with E-state index in [4.69, 9.17) is 5.73 Å². The summed E-state index contributed by atoms with van der Waals surface area (Å²) in [5.41, 5.74) is 6.80. The second-order valence-electron chi connectivity index (χ2n) is 4.08. The maximum Gasteiger partial charge on any atom is 0.241 e. The van der Waals surface area contributed by atoms with Crippen LogP contribution in [0.3, 0.4) is 0 Å². The fourth-order valence-corrected chi connectivity index (χ4v) is 3.22. The Bertz CT molecular complexity index is 659. The van der Waals surface area contributed by atoms with Gasteiger partial charge in [0.2, 0.25) is 10.0 Å². The van der Waals surface area contributed by atoms with Crippen molar-refractivity contribution >= 4 is 27.0 Å². The minimum Gasteiger partial charge on any atom is -0.398 e. The van der Waals surface area contributed by atoms with E-state index in [1.807, 2.05) is 16.8 Å². The monoisotopic (exact) mass is 300 g/mol. The van der Waals surface area contributed by atoms with E-state index in [9.17, 15) is 12.8 Å². The summed E-state index contributed by atoms with van der Waals surface area (Å²) in [4.78, 5) is -0.164. The minimum absolute atomic E-state index is 0.121. The predicted molar refractivity (Wildman–Crippen MR) is 73.9 cm³/mol. The third kappa shape index (κ3) is 3.12. The van der Waals surface area contributed by atoms with Crippen molar-refractivity contribution in [2.45, 2.75) is 18.4 Å². The molecule has 1 aromatic carbocycles. The van der Waals surface area contributed by atoms with E-state index in [1.54, 1.807) is 0 Å². The fraction of sp³-hybridized carbons (Fsp3) is 0.167. The van der Waals surface area contributed by atoms with Gasteiger partial charge in [-0.25, -0.2) is 17.5 Å². The van der Waals surface area contributed by atoms with Crippen molar-refractivity contribution < 1.29 is 12.8 Å². The van der Waals surface area contributed by atoms with Gasteiger partial charge in [-0.05, 0) is 41.4 Å². The van der Waals surface area contributed by atoms with Gasteiger partial charge in [0.1, 0.15) is 5.82 Å². The van der Waals surface area contributed by atoms with Crippen LogP contribution in [0.1, 0.15) is 11.1 Å². The molecule has 102 valence electrons. The van der Waals surface area contributed by atoms with Gasteiger partial charge in [-0.3, -0.25) is 0 Å². The molecule has 0 amide bonds. The molecule has 0 unspecified atom stereocenters. The van der Waals surface area contributed by atoms with E-state index in [-0.39, 0.29) is 22.7 Å². The Labute approximate surface area is 115 Å². The molecule has 7 heteroatoms. The van der Waals surface area contributed by atoms with Crippen LogP contribution < -0.4 is 10.5 Å². The van der Waals surface area contributed by atoms with E-state index >= 15 is 0 Å². The van der Waals surface area contributed by atoms with Gasteiger partial charge in [0.15, 0.2) is 0 Å². The highest BCUT2D eigenvalue weighted by atomic mass is 32.2. The van der Waals surface area contributed by atoms with Crippen LogP contribution in [0.15, 0.2) is 33.9 Å². The number of thiophene rings is 1. The Morgan fingerprint density at radius 3 is 2.74 bits per heavy atom. The zero-order chi connectivity index (χ0) is 14.0. The number of halogens is 1. The summed E-state index contributed by atoms with van der Waals surface area (Å²) in [6.07, 6.45) is 0. The number of anilines is 1. The van der Waals surface area contributed by atoms with Crippen LogP contribution in [0, 0.1) is 12.7 Å². The average molecular weight is 300 g/mol. The van der Waals surface area contributed by atoms with Gasteiger partial charge < -0.3 is 5.73 Å². The fourth-order valence-electron chi connectivity index (χ4n) is 1.48. The van der Waals surface area contributed by atoms with Crippen LogP contribution in [0.2, 0.25) is 0 Å².